The van der Waals surface area contributed by atoms with Crippen LogP contribution in [-0.4, -0.2) is 43.4 Å². The van der Waals surface area contributed by atoms with Gasteiger partial charge in [-0.25, -0.2) is 0 Å². The van der Waals surface area contributed by atoms with Gasteiger partial charge in [-0.05, 0) is 45.7 Å². The number of nitrogens with one attached hydrogen (secondary N) is 1. The standard InChI is InChI=1S/C13H22N2O3/c1-2-17-10(16)12-7-11(8-12,9-14)18-13(12)3-5-15-6-4-13/h15H,2-9,14H2,1H3. The van der Waals surface area contributed by atoms with Gasteiger partial charge in [0.05, 0.1) is 17.8 Å². The van der Waals surface area contributed by atoms with Crippen molar-refractivity contribution in [1.82, 2.24) is 5.32 Å². The molecule has 0 unspecified atom stereocenters. The van der Waals surface area contributed by atoms with Crippen molar-refractivity contribution < 1.29 is 14.3 Å². The van der Waals surface area contributed by atoms with Crippen LogP contribution in [0.1, 0.15) is 32.6 Å². The van der Waals surface area contributed by atoms with Crippen LogP contribution in [0.2, 0.25) is 0 Å². The molecule has 0 amide bonds. The molecule has 3 heterocycles. The molecular weight excluding hydrogens is 232 g/mol. The van der Waals surface area contributed by atoms with Crippen molar-refractivity contribution in [2.24, 2.45) is 11.1 Å². The van der Waals surface area contributed by atoms with E-state index in [1.54, 1.807) is 0 Å². The summed E-state index contributed by atoms with van der Waals surface area (Å²) in [6.45, 7) is 4.60. The first kappa shape index (κ1) is 12.4. The molecule has 3 aliphatic heterocycles. The molecule has 18 heavy (non-hydrogen) atoms. The summed E-state index contributed by atoms with van der Waals surface area (Å²) in [7, 11) is 0. The molecule has 0 atom stereocenters. The molecule has 5 heteroatoms. The van der Waals surface area contributed by atoms with Crippen molar-refractivity contribution >= 4 is 5.97 Å². The maximum Gasteiger partial charge on any atom is 0.315 e. The van der Waals surface area contributed by atoms with Crippen molar-refractivity contribution in [2.45, 2.75) is 43.8 Å². The van der Waals surface area contributed by atoms with E-state index in [1.165, 1.54) is 0 Å². The van der Waals surface area contributed by atoms with Crippen molar-refractivity contribution in [3.8, 4) is 0 Å². The third-order valence-corrected chi connectivity index (χ3v) is 4.98. The topological polar surface area (TPSA) is 73.6 Å². The van der Waals surface area contributed by atoms with Crippen molar-refractivity contribution in [3.05, 3.63) is 0 Å². The Morgan fingerprint density at radius 1 is 1.39 bits per heavy atom. The molecule has 5 nitrogen and oxygen atoms in total. The highest BCUT2D eigenvalue weighted by Gasteiger charge is 2.77. The Morgan fingerprint density at radius 3 is 2.61 bits per heavy atom. The van der Waals surface area contributed by atoms with E-state index in [2.05, 4.69) is 5.32 Å². The number of carbonyl (C=O) groups excluding carboxylic acids is 1. The van der Waals surface area contributed by atoms with Crippen LogP contribution in [0.4, 0.5) is 0 Å². The van der Waals surface area contributed by atoms with Gasteiger partial charge in [-0.15, -0.1) is 0 Å². The first-order valence-corrected chi connectivity index (χ1v) is 6.90. The number of carbonyl (C=O) groups is 1. The number of hydrogen-bond donors (Lipinski definition) is 2. The van der Waals surface area contributed by atoms with Crippen LogP contribution < -0.4 is 11.1 Å². The molecule has 1 spiro atoms. The van der Waals surface area contributed by atoms with E-state index in [9.17, 15) is 4.79 Å². The van der Waals surface area contributed by atoms with E-state index in [0.717, 1.165) is 38.8 Å². The zero-order chi connectivity index (χ0) is 12.9. The Morgan fingerprint density at radius 2 is 2.06 bits per heavy atom. The number of piperidine rings is 1. The molecule has 102 valence electrons. The predicted molar refractivity (Wildman–Crippen MR) is 66.0 cm³/mol. The van der Waals surface area contributed by atoms with E-state index < -0.39 is 5.41 Å². The molecule has 3 N–H and O–H groups in total. The normalized spacial score (nSPS) is 40.6. The fourth-order valence-corrected chi connectivity index (χ4v) is 4.15. The van der Waals surface area contributed by atoms with Crippen LogP contribution in [0.15, 0.2) is 0 Å². The summed E-state index contributed by atoms with van der Waals surface area (Å²) in [5, 5.41) is 3.33. The summed E-state index contributed by atoms with van der Waals surface area (Å²) in [5.74, 6) is -0.0755. The van der Waals surface area contributed by atoms with Crippen LogP contribution in [0.5, 0.6) is 0 Å². The molecule has 4 aliphatic rings. The van der Waals surface area contributed by atoms with Gasteiger partial charge >= 0.3 is 5.97 Å². The average molecular weight is 254 g/mol. The Labute approximate surface area is 107 Å². The molecule has 2 bridgehead atoms. The predicted octanol–water partition coefficient (Wildman–Crippen LogP) is 0.180. The maximum absolute atomic E-state index is 12.4. The van der Waals surface area contributed by atoms with Gasteiger partial charge < -0.3 is 20.5 Å². The molecule has 1 aliphatic carbocycles. The Bertz CT molecular complexity index is 357. The highest BCUT2D eigenvalue weighted by atomic mass is 16.6. The summed E-state index contributed by atoms with van der Waals surface area (Å²) < 4.78 is 11.6. The van der Waals surface area contributed by atoms with E-state index >= 15 is 0 Å². The summed E-state index contributed by atoms with van der Waals surface area (Å²) in [6, 6.07) is 0. The van der Waals surface area contributed by atoms with Crippen LogP contribution in [0.25, 0.3) is 0 Å². The fraction of sp³-hybridized carbons (Fsp3) is 0.923. The zero-order valence-electron chi connectivity index (χ0n) is 11.0. The third kappa shape index (κ3) is 1.35. The minimum absolute atomic E-state index is 0.0755. The van der Waals surface area contributed by atoms with Gasteiger partial charge in [0.2, 0.25) is 0 Å². The Kier molecular flexibility index (Phi) is 2.70. The van der Waals surface area contributed by atoms with Gasteiger partial charge in [-0.3, -0.25) is 4.79 Å². The quantitative estimate of drug-likeness (QED) is 0.703. The van der Waals surface area contributed by atoms with Gasteiger partial charge in [0, 0.05) is 6.54 Å². The number of nitrogens with two attached hydrogens (primary N) is 1. The smallest absolute Gasteiger partial charge is 0.315 e. The molecular formula is C13H22N2O3. The largest absolute Gasteiger partial charge is 0.465 e. The zero-order valence-corrected chi connectivity index (χ0v) is 11.0. The molecule has 3 saturated heterocycles. The molecule has 0 aromatic carbocycles. The van der Waals surface area contributed by atoms with Crippen LogP contribution in [0, 0.1) is 5.41 Å². The Hall–Kier alpha value is -0.650. The third-order valence-electron chi connectivity index (χ3n) is 4.98. The van der Waals surface area contributed by atoms with Crippen LogP contribution >= 0.6 is 0 Å². The van der Waals surface area contributed by atoms with Crippen LogP contribution in [-0.2, 0) is 14.3 Å². The molecule has 0 aromatic rings. The molecule has 0 radical (unpaired) electrons. The Balaban J connectivity index is 1.90. The van der Waals surface area contributed by atoms with E-state index in [4.69, 9.17) is 15.2 Å². The van der Waals surface area contributed by atoms with Crippen LogP contribution in [0.3, 0.4) is 0 Å². The molecule has 4 rings (SSSR count). The SMILES string of the molecule is CCOC(=O)C12CC(CN)(C1)OC21CCNCC1. The van der Waals surface area contributed by atoms with Crippen molar-refractivity contribution in [1.29, 1.82) is 0 Å². The van der Waals surface area contributed by atoms with Crippen molar-refractivity contribution in [2.75, 3.05) is 26.2 Å². The van der Waals surface area contributed by atoms with Gasteiger partial charge in [-0.1, -0.05) is 0 Å². The second-order valence-electron chi connectivity index (χ2n) is 5.89. The number of ether oxygens (including phenoxy) is 2. The minimum atomic E-state index is -0.426. The molecule has 0 aromatic heterocycles. The highest BCUT2D eigenvalue weighted by molar-refractivity contribution is 5.81. The number of esters is 1. The number of hydrogen-bond acceptors (Lipinski definition) is 5. The highest BCUT2D eigenvalue weighted by Crippen LogP contribution is 2.69. The maximum atomic E-state index is 12.4. The molecule has 1 saturated carbocycles. The summed E-state index contributed by atoms with van der Waals surface area (Å²) in [6.07, 6.45) is 3.26. The summed E-state index contributed by atoms with van der Waals surface area (Å²) >= 11 is 0. The van der Waals surface area contributed by atoms with E-state index in [1.807, 2.05) is 6.92 Å². The van der Waals surface area contributed by atoms with Gasteiger partial charge in [0.15, 0.2) is 0 Å². The lowest BCUT2D eigenvalue weighted by molar-refractivity contribution is -0.166. The first-order valence-electron chi connectivity index (χ1n) is 6.90. The summed E-state index contributed by atoms with van der Waals surface area (Å²) in [5.41, 5.74) is 4.82. The lowest BCUT2D eigenvalue weighted by Crippen LogP contribution is -2.59. The van der Waals surface area contributed by atoms with E-state index in [0.29, 0.717) is 13.2 Å². The lowest BCUT2D eigenvalue weighted by atomic mass is 9.54. The monoisotopic (exact) mass is 254 g/mol. The van der Waals surface area contributed by atoms with Gasteiger partial charge in [0.25, 0.3) is 0 Å². The van der Waals surface area contributed by atoms with Gasteiger partial charge in [0.1, 0.15) is 5.41 Å². The fourth-order valence-electron chi connectivity index (χ4n) is 4.15. The minimum Gasteiger partial charge on any atom is -0.465 e. The second kappa shape index (κ2) is 3.92. The average Bonchev–Trinajstić information content (AvgIpc) is 2.75. The summed E-state index contributed by atoms with van der Waals surface area (Å²) in [4.78, 5) is 12.4. The van der Waals surface area contributed by atoms with E-state index in [-0.39, 0.29) is 17.2 Å². The number of rotatable bonds is 3. The molecule has 4 fully saturated rings. The second-order valence-corrected chi connectivity index (χ2v) is 5.89. The van der Waals surface area contributed by atoms with Crippen molar-refractivity contribution in [3.63, 3.8) is 0 Å². The first-order chi connectivity index (χ1) is 8.62. The lowest BCUT2D eigenvalue weighted by Gasteiger charge is -2.46. The van der Waals surface area contributed by atoms with Gasteiger partial charge in [-0.2, -0.15) is 0 Å².